The number of amides is 2. The Labute approximate surface area is 250 Å². The van der Waals surface area contributed by atoms with Crippen LogP contribution in [0.5, 0.6) is 0 Å². The van der Waals surface area contributed by atoms with Crippen LogP contribution in [0.2, 0.25) is 0 Å². The SMILES string of the molecule is CC[C@](C)(CNc1cc(-c2ccc(NC3CCN(C(C)=O)CC3)nc2)ncn1)c1cccc2c(C(=O)NC)c(F)cnc12. The van der Waals surface area contributed by atoms with E-state index in [1.54, 1.807) is 19.2 Å². The van der Waals surface area contributed by atoms with E-state index in [0.29, 0.717) is 23.3 Å². The highest BCUT2D eigenvalue weighted by atomic mass is 19.1. The van der Waals surface area contributed by atoms with Gasteiger partial charge in [0.2, 0.25) is 5.91 Å². The minimum Gasteiger partial charge on any atom is -0.369 e. The molecule has 0 unspecified atom stereocenters. The first-order valence-electron chi connectivity index (χ1n) is 14.6. The normalized spacial score (nSPS) is 15.1. The van der Waals surface area contributed by atoms with Crippen molar-refractivity contribution in [2.45, 2.75) is 51.5 Å². The standard InChI is InChI=1S/C32H37FN8O2/c1-5-32(3,24-8-6-7-23-29(31(43)34-4)25(33)17-36-30(23)24)18-37-28-15-26(38-19-39-28)21-9-10-27(35-16-21)40-22-11-13-41(14-12-22)20(2)42/h6-10,15-17,19,22H,5,11-14,18H2,1-4H3,(H,34,43)(H,35,40)(H,37,38,39)/t32-/m1/s1. The van der Waals surface area contributed by atoms with Crippen molar-refractivity contribution >= 4 is 34.4 Å². The second-order valence-corrected chi connectivity index (χ2v) is 11.2. The van der Waals surface area contributed by atoms with Crippen LogP contribution in [-0.4, -0.2) is 69.4 Å². The van der Waals surface area contributed by atoms with E-state index in [4.69, 9.17) is 0 Å². The second kappa shape index (κ2) is 12.7. The van der Waals surface area contributed by atoms with Crippen LogP contribution in [0.4, 0.5) is 16.0 Å². The van der Waals surface area contributed by atoms with Gasteiger partial charge in [-0.05, 0) is 37.0 Å². The lowest BCUT2D eigenvalue weighted by molar-refractivity contribution is -0.129. The maximum atomic E-state index is 14.6. The number of carbonyl (C=O) groups is 2. The topological polar surface area (TPSA) is 125 Å². The third-order valence-electron chi connectivity index (χ3n) is 8.41. The number of rotatable bonds is 9. The first kappa shape index (κ1) is 29.8. The molecule has 0 bridgehead atoms. The van der Waals surface area contributed by atoms with Gasteiger partial charge in [-0.15, -0.1) is 0 Å². The number of pyridine rings is 2. The number of anilines is 2. The largest absolute Gasteiger partial charge is 0.369 e. The Morgan fingerprint density at radius 1 is 1.05 bits per heavy atom. The van der Waals surface area contributed by atoms with E-state index < -0.39 is 17.1 Å². The molecule has 0 spiro atoms. The van der Waals surface area contributed by atoms with Crippen LogP contribution in [0.15, 0.2) is 55.1 Å². The van der Waals surface area contributed by atoms with Gasteiger partial charge in [-0.25, -0.2) is 19.3 Å². The molecule has 0 saturated carbocycles. The fourth-order valence-electron chi connectivity index (χ4n) is 5.53. The van der Waals surface area contributed by atoms with Crippen molar-refractivity contribution in [3.63, 3.8) is 0 Å². The summed E-state index contributed by atoms with van der Waals surface area (Å²) in [5.41, 5.74) is 2.71. The molecular weight excluding hydrogens is 547 g/mol. The summed E-state index contributed by atoms with van der Waals surface area (Å²) in [7, 11) is 1.48. The number of para-hydroxylation sites is 1. The molecule has 1 atom stereocenters. The summed E-state index contributed by atoms with van der Waals surface area (Å²) < 4.78 is 14.6. The van der Waals surface area contributed by atoms with Gasteiger partial charge in [-0.3, -0.25) is 14.6 Å². The smallest absolute Gasteiger partial charge is 0.254 e. The van der Waals surface area contributed by atoms with Crippen LogP contribution in [0.25, 0.3) is 22.2 Å². The van der Waals surface area contributed by atoms with Gasteiger partial charge < -0.3 is 20.9 Å². The summed E-state index contributed by atoms with van der Waals surface area (Å²) in [4.78, 5) is 43.8. The van der Waals surface area contributed by atoms with Crippen molar-refractivity contribution in [1.82, 2.24) is 30.2 Å². The molecule has 1 aliphatic rings. The molecule has 2 amide bonds. The zero-order valence-corrected chi connectivity index (χ0v) is 24.9. The van der Waals surface area contributed by atoms with Crippen molar-refractivity contribution in [1.29, 1.82) is 0 Å². The van der Waals surface area contributed by atoms with E-state index >= 15 is 0 Å². The van der Waals surface area contributed by atoms with Crippen LogP contribution in [0.3, 0.4) is 0 Å². The van der Waals surface area contributed by atoms with Gasteiger partial charge in [0.25, 0.3) is 5.91 Å². The van der Waals surface area contributed by atoms with E-state index in [-0.39, 0.29) is 17.5 Å². The van der Waals surface area contributed by atoms with Crippen LogP contribution >= 0.6 is 0 Å². The van der Waals surface area contributed by atoms with Crippen molar-refractivity contribution in [2.75, 3.05) is 37.3 Å². The quantitative estimate of drug-likeness (QED) is 0.257. The van der Waals surface area contributed by atoms with Crippen molar-refractivity contribution in [2.24, 2.45) is 0 Å². The molecule has 1 aliphatic heterocycles. The number of aromatic nitrogens is 4. The Balaban J connectivity index is 1.30. The van der Waals surface area contributed by atoms with E-state index in [1.807, 2.05) is 35.2 Å². The van der Waals surface area contributed by atoms with Gasteiger partial charge >= 0.3 is 0 Å². The molecule has 1 fully saturated rings. The Bertz CT molecular complexity index is 1620. The maximum Gasteiger partial charge on any atom is 0.254 e. The van der Waals surface area contributed by atoms with Gasteiger partial charge in [0.1, 0.15) is 18.0 Å². The number of piperidine rings is 1. The summed E-state index contributed by atoms with van der Waals surface area (Å²) >= 11 is 0. The molecule has 3 aromatic heterocycles. The number of halogens is 1. The fourth-order valence-corrected chi connectivity index (χ4v) is 5.53. The monoisotopic (exact) mass is 584 g/mol. The predicted octanol–water partition coefficient (Wildman–Crippen LogP) is 4.79. The number of carbonyl (C=O) groups excluding carboxylic acids is 2. The minimum atomic E-state index is -0.651. The lowest BCUT2D eigenvalue weighted by Gasteiger charge is -2.31. The number of fused-ring (bicyclic) bond motifs is 1. The molecule has 224 valence electrons. The van der Waals surface area contributed by atoms with E-state index in [9.17, 15) is 14.0 Å². The Morgan fingerprint density at radius 2 is 1.84 bits per heavy atom. The van der Waals surface area contributed by atoms with Crippen LogP contribution in [0, 0.1) is 5.82 Å². The molecule has 1 aromatic carbocycles. The molecular formula is C32H37FN8O2. The van der Waals surface area contributed by atoms with Gasteiger partial charge in [0.15, 0.2) is 5.82 Å². The first-order valence-corrected chi connectivity index (χ1v) is 14.6. The molecule has 0 aliphatic carbocycles. The number of nitrogens with zero attached hydrogens (tertiary/aromatic N) is 5. The third kappa shape index (κ3) is 6.40. The number of likely N-dealkylation sites (tertiary alicyclic amines) is 1. The predicted molar refractivity (Wildman–Crippen MR) is 165 cm³/mol. The van der Waals surface area contributed by atoms with Gasteiger partial charge in [0.05, 0.1) is 23.0 Å². The van der Waals surface area contributed by atoms with Gasteiger partial charge in [0, 0.05) is 68.3 Å². The number of hydrogen-bond donors (Lipinski definition) is 3. The zero-order valence-electron chi connectivity index (χ0n) is 24.9. The highest BCUT2D eigenvalue weighted by Crippen LogP contribution is 2.34. The summed E-state index contributed by atoms with van der Waals surface area (Å²) in [5, 5.41) is 9.93. The summed E-state index contributed by atoms with van der Waals surface area (Å²) in [6.07, 6.45) is 6.97. The molecule has 3 N–H and O–H groups in total. The molecule has 11 heteroatoms. The van der Waals surface area contributed by atoms with Crippen LogP contribution in [0.1, 0.15) is 56.0 Å². The van der Waals surface area contributed by atoms with Gasteiger partial charge in [-0.2, -0.15) is 0 Å². The van der Waals surface area contributed by atoms with E-state index in [2.05, 4.69) is 49.7 Å². The molecule has 5 rings (SSSR count). The minimum absolute atomic E-state index is 0.00519. The number of hydrogen-bond acceptors (Lipinski definition) is 8. The molecule has 1 saturated heterocycles. The summed E-state index contributed by atoms with van der Waals surface area (Å²) in [5.74, 6) is 0.439. The Hall–Kier alpha value is -4.67. The zero-order chi connectivity index (χ0) is 30.6. The molecule has 4 aromatic rings. The highest BCUT2D eigenvalue weighted by Gasteiger charge is 2.29. The lowest BCUT2D eigenvalue weighted by atomic mass is 9.78. The van der Waals surface area contributed by atoms with E-state index in [1.165, 1.54) is 13.4 Å². The maximum absolute atomic E-state index is 14.6. The lowest BCUT2D eigenvalue weighted by Crippen LogP contribution is -2.41. The van der Waals surface area contributed by atoms with Gasteiger partial charge in [-0.1, -0.05) is 32.0 Å². The van der Waals surface area contributed by atoms with E-state index in [0.717, 1.165) is 61.2 Å². The Kier molecular flexibility index (Phi) is 8.79. The fraction of sp³-hybridized carbons (Fsp3) is 0.375. The van der Waals surface area contributed by atoms with Crippen LogP contribution in [-0.2, 0) is 10.2 Å². The Morgan fingerprint density at radius 3 is 2.51 bits per heavy atom. The third-order valence-corrected chi connectivity index (χ3v) is 8.41. The number of nitrogens with one attached hydrogen (secondary N) is 3. The number of benzene rings is 1. The molecule has 43 heavy (non-hydrogen) atoms. The average Bonchev–Trinajstić information content (AvgIpc) is 3.03. The molecule has 10 nitrogen and oxygen atoms in total. The van der Waals surface area contributed by atoms with Crippen LogP contribution < -0.4 is 16.0 Å². The summed E-state index contributed by atoms with van der Waals surface area (Å²) in [6.45, 7) is 7.85. The average molecular weight is 585 g/mol. The second-order valence-electron chi connectivity index (χ2n) is 11.2. The van der Waals surface area contributed by atoms with Crippen molar-refractivity contribution < 1.29 is 14.0 Å². The molecule has 0 radical (unpaired) electrons. The van der Waals surface area contributed by atoms with Crippen molar-refractivity contribution in [3.8, 4) is 11.3 Å². The first-order chi connectivity index (χ1) is 20.7. The molecule has 4 heterocycles. The highest BCUT2D eigenvalue weighted by molar-refractivity contribution is 6.06. The summed E-state index contributed by atoms with van der Waals surface area (Å²) in [6, 6.07) is 11.6. The van der Waals surface area contributed by atoms with Crippen molar-refractivity contribution in [3.05, 3.63) is 72.1 Å².